The molecule has 3 heterocycles. The first-order valence-electron chi connectivity index (χ1n) is 9.96. The molecule has 2 amide bonds. The number of rotatable bonds is 4. The van der Waals surface area contributed by atoms with Gasteiger partial charge in [0, 0.05) is 31.9 Å². The second-order valence-corrected chi connectivity index (χ2v) is 7.37. The van der Waals surface area contributed by atoms with Gasteiger partial charge in [0.15, 0.2) is 0 Å². The third-order valence-electron chi connectivity index (χ3n) is 5.51. The highest BCUT2D eigenvalue weighted by atomic mass is 16.5. The number of morpholine rings is 1. The molecule has 1 aromatic heterocycles. The number of esters is 1. The molecule has 3 rings (SSSR count). The number of amides is 2. The molecular formula is C20H29N3O5. The van der Waals surface area contributed by atoms with Crippen LogP contribution in [0.1, 0.15) is 51.9 Å². The van der Waals surface area contributed by atoms with Crippen LogP contribution < -0.4 is 0 Å². The molecule has 0 spiro atoms. The molecule has 2 fully saturated rings. The molecule has 0 radical (unpaired) electrons. The third-order valence-corrected chi connectivity index (χ3v) is 5.51. The maximum atomic E-state index is 13.1. The highest BCUT2D eigenvalue weighted by Gasteiger charge is 2.34. The van der Waals surface area contributed by atoms with E-state index in [1.807, 2.05) is 4.90 Å². The molecular weight excluding hydrogens is 362 g/mol. The fraction of sp³-hybridized carbons (Fsp3) is 0.650. The molecule has 154 valence electrons. The van der Waals surface area contributed by atoms with Crippen molar-refractivity contribution in [1.29, 1.82) is 0 Å². The van der Waals surface area contributed by atoms with Gasteiger partial charge < -0.3 is 24.3 Å². The van der Waals surface area contributed by atoms with Gasteiger partial charge in [0.05, 0.1) is 31.3 Å². The number of aromatic nitrogens is 1. The van der Waals surface area contributed by atoms with E-state index in [-0.39, 0.29) is 24.3 Å². The Bertz CT molecular complexity index is 751. The van der Waals surface area contributed by atoms with Gasteiger partial charge in [-0.3, -0.25) is 9.59 Å². The molecule has 0 bridgehead atoms. The summed E-state index contributed by atoms with van der Waals surface area (Å²) in [5.41, 5.74) is 2.04. The molecule has 2 saturated heterocycles. The number of ether oxygens (including phenoxy) is 2. The Balaban J connectivity index is 1.73. The number of piperidine rings is 1. The molecule has 0 aromatic carbocycles. The summed E-state index contributed by atoms with van der Waals surface area (Å²) in [6, 6.07) is 0. The largest absolute Gasteiger partial charge is 0.462 e. The number of likely N-dealkylation sites (tertiary alicyclic amines) is 1. The fourth-order valence-electron chi connectivity index (χ4n) is 4.04. The zero-order valence-corrected chi connectivity index (χ0v) is 16.9. The van der Waals surface area contributed by atoms with Gasteiger partial charge in [0.2, 0.25) is 5.91 Å². The fourth-order valence-corrected chi connectivity index (χ4v) is 4.04. The summed E-state index contributed by atoms with van der Waals surface area (Å²) in [6.45, 7) is 8.92. The Morgan fingerprint density at radius 1 is 1.14 bits per heavy atom. The van der Waals surface area contributed by atoms with Crippen LogP contribution in [0.15, 0.2) is 0 Å². The first kappa shape index (κ1) is 20.4. The zero-order chi connectivity index (χ0) is 20.3. The van der Waals surface area contributed by atoms with Crippen LogP contribution in [0.3, 0.4) is 0 Å². The number of nitrogens with zero attached hydrogens (tertiary/aromatic N) is 2. The summed E-state index contributed by atoms with van der Waals surface area (Å²) >= 11 is 0. The van der Waals surface area contributed by atoms with Crippen molar-refractivity contribution in [3.05, 3.63) is 22.5 Å². The Kier molecular flexibility index (Phi) is 6.39. The minimum Gasteiger partial charge on any atom is -0.462 e. The molecule has 1 atom stereocenters. The van der Waals surface area contributed by atoms with Crippen molar-refractivity contribution in [2.24, 2.45) is 5.92 Å². The summed E-state index contributed by atoms with van der Waals surface area (Å²) in [6.07, 6.45) is 1.58. The molecule has 2 aliphatic rings. The Morgan fingerprint density at radius 3 is 2.54 bits per heavy atom. The van der Waals surface area contributed by atoms with E-state index in [0.717, 1.165) is 12.8 Å². The van der Waals surface area contributed by atoms with E-state index in [9.17, 15) is 14.4 Å². The van der Waals surface area contributed by atoms with E-state index in [4.69, 9.17) is 9.47 Å². The van der Waals surface area contributed by atoms with Gasteiger partial charge in [-0.05, 0) is 39.2 Å². The van der Waals surface area contributed by atoms with Crippen LogP contribution in [0, 0.1) is 19.8 Å². The van der Waals surface area contributed by atoms with Crippen LogP contribution in [-0.4, -0.2) is 78.6 Å². The van der Waals surface area contributed by atoms with Gasteiger partial charge in [0.25, 0.3) is 5.91 Å². The number of H-pyrrole nitrogens is 1. The number of hydrogen-bond acceptors (Lipinski definition) is 5. The third kappa shape index (κ3) is 4.06. The van der Waals surface area contributed by atoms with Gasteiger partial charge in [0.1, 0.15) is 5.69 Å². The first-order valence-corrected chi connectivity index (χ1v) is 9.96. The second-order valence-electron chi connectivity index (χ2n) is 7.37. The molecule has 2 aliphatic heterocycles. The van der Waals surface area contributed by atoms with Crippen molar-refractivity contribution < 1.29 is 23.9 Å². The summed E-state index contributed by atoms with van der Waals surface area (Å²) in [4.78, 5) is 44.7. The monoisotopic (exact) mass is 391 g/mol. The van der Waals surface area contributed by atoms with Crippen molar-refractivity contribution in [3.8, 4) is 0 Å². The maximum absolute atomic E-state index is 13.1. The minimum absolute atomic E-state index is 0.104. The quantitative estimate of drug-likeness (QED) is 0.786. The summed E-state index contributed by atoms with van der Waals surface area (Å²) < 4.78 is 10.4. The predicted molar refractivity (Wildman–Crippen MR) is 102 cm³/mol. The molecule has 1 N–H and O–H groups in total. The van der Waals surface area contributed by atoms with Crippen LogP contribution in [-0.2, 0) is 14.3 Å². The maximum Gasteiger partial charge on any atom is 0.340 e. The average Bonchev–Trinajstić information content (AvgIpc) is 3.02. The number of aryl methyl sites for hydroxylation is 1. The lowest BCUT2D eigenvalue weighted by Crippen LogP contribution is -2.49. The highest BCUT2D eigenvalue weighted by molar-refractivity contribution is 6.00. The van der Waals surface area contributed by atoms with Crippen molar-refractivity contribution in [2.45, 2.75) is 33.6 Å². The molecule has 28 heavy (non-hydrogen) atoms. The van der Waals surface area contributed by atoms with E-state index in [2.05, 4.69) is 4.98 Å². The zero-order valence-electron chi connectivity index (χ0n) is 16.9. The van der Waals surface area contributed by atoms with Crippen LogP contribution >= 0.6 is 0 Å². The number of hydrogen-bond donors (Lipinski definition) is 1. The van der Waals surface area contributed by atoms with Crippen molar-refractivity contribution >= 4 is 17.8 Å². The molecule has 0 aliphatic carbocycles. The summed E-state index contributed by atoms with van der Waals surface area (Å²) in [5, 5.41) is 0. The van der Waals surface area contributed by atoms with E-state index < -0.39 is 5.97 Å². The van der Waals surface area contributed by atoms with Crippen molar-refractivity contribution in [1.82, 2.24) is 14.8 Å². The van der Waals surface area contributed by atoms with Crippen molar-refractivity contribution in [3.63, 3.8) is 0 Å². The van der Waals surface area contributed by atoms with E-state index in [1.54, 1.807) is 25.7 Å². The van der Waals surface area contributed by atoms with Crippen LogP contribution in [0.25, 0.3) is 0 Å². The normalized spacial score (nSPS) is 20.2. The smallest absolute Gasteiger partial charge is 0.340 e. The Hall–Kier alpha value is -2.35. The molecule has 0 saturated carbocycles. The van der Waals surface area contributed by atoms with Crippen LogP contribution in [0.5, 0.6) is 0 Å². The number of carbonyl (C=O) groups excluding carboxylic acids is 3. The standard InChI is InChI=1S/C20H29N3O5/c1-4-28-20(26)16-13(2)17(21-14(16)3)19(25)23-7-5-6-15(12-23)18(24)22-8-10-27-11-9-22/h15,21H,4-12H2,1-3H3/t15-/m0/s1. The highest BCUT2D eigenvalue weighted by Crippen LogP contribution is 2.24. The van der Waals surface area contributed by atoms with E-state index in [0.29, 0.717) is 61.9 Å². The van der Waals surface area contributed by atoms with Gasteiger partial charge in [-0.2, -0.15) is 0 Å². The van der Waals surface area contributed by atoms with E-state index >= 15 is 0 Å². The van der Waals surface area contributed by atoms with Crippen molar-refractivity contribution in [2.75, 3.05) is 46.0 Å². The van der Waals surface area contributed by atoms with Gasteiger partial charge in [-0.25, -0.2) is 4.79 Å². The topological polar surface area (TPSA) is 91.9 Å². The van der Waals surface area contributed by atoms with Crippen LogP contribution in [0.4, 0.5) is 0 Å². The Labute approximate surface area is 165 Å². The van der Waals surface area contributed by atoms with Gasteiger partial charge in [-0.1, -0.05) is 0 Å². The molecule has 0 unspecified atom stereocenters. The lowest BCUT2D eigenvalue weighted by atomic mass is 9.95. The number of aromatic amines is 1. The minimum atomic E-state index is -0.424. The predicted octanol–water partition coefficient (Wildman–Crippen LogP) is 1.52. The van der Waals surface area contributed by atoms with Gasteiger partial charge in [-0.15, -0.1) is 0 Å². The van der Waals surface area contributed by atoms with Gasteiger partial charge >= 0.3 is 5.97 Å². The second kappa shape index (κ2) is 8.77. The van der Waals surface area contributed by atoms with E-state index in [1.165, 1.54) is 0 Å². The molecule has 8 heteroatoms. The molecule has 8 nitrogen and oxygen atoms in total. The first-order chi connectivity index (χ1) is 13.4. The summed E-state index contributed by atoms with van der Waals surface area (Å²) in [5.74, 6) is -0.675. The SMILES string of the molecule is CCOC(=O)c1c(C)[nH]c(C(=O)N2CCC[C@H](C(=O)N3CCOCC3)C2)c1C. The Morgan fingerprint density at radius 2 is 1.86 bits per heavy atom. The number of nitrogens with one attached hydrogen (secondary N) is 1. The lowest BCUT2D eigenvalue weighted by molar-refractivity contribution is -0.141. The average molecular weight is 391 g/mol. The molecule has 1 aromatic rings. The number of carbonyl (C=O) groups is 3. The van der Waals surface area contributed by atoms with Crippen LogP contribution in [0.2, 0.25) is 0 Å². The summed E-state index contributed by atoms with van der Waals surface area (Å²) in [7, 11) is 0. The lowest BCUT2D eigenvalue weighted by Gasteiger charge is -2.36.